The van der Waals surface area contributed by atoms with Crippen molar-refractivity contribution in [3.05, 3.63) is 85.9 Å². The molecule has 0 unspecified atom stereocenters. The summed E-state index contributed by atoms with van der Waals surface area (Å²) >= 11 is 12.6. The topological polar surface area (TPSA) is 101 Å². The van der Waals surface area contributed by atoms with E-state index in [0.29, 0.717) is 44.1 Å². The maximum Gasteiger partial charge on any atom is 0.261 e. The molecule has 4 aromatic rings. The fraction of sp³-hybridized carbons (Fsp3) is 0.0909. The Bertz CT molecular complexity index is 1340. The first kappa shape index (κ1) is 20.8. The molecule has 0 radical (unpaired) electrons. The molecular weight excluding hydrogens is 439 g/mol. The van der Waals surface area contributed by atoms with Gasteiger partial charge in [-0.15, -0.1) is 0 Å². The summed E-state index contributed by atoms with van der Waals surface area (Å²) in [4.78, 5) is 31.9. The van der Waals surface area contributed by atoms with Crippen molar-refractivity contribution in [2.75, 3.05) is 5.32 Å². The third-order valence-corrected chi connectivity index (χ3v) is 5.18. The number of aryl methyl sites for hydroxylation is 2. The lowest BCUT2D eigenvalue weighted by Gasteiger charge is -2.09. The van der Waals surface area contributed by atoms with E-state index in [-0.39, 0.29) is 16.8 Å². The number of halogens is 2. The summed E-state index contributed by atoms with van der Waals surface area (Å²) in [5, 5.41) is 7.54. The van der Waals surface area contributed by atoms with Crippen molar-refractivity contribution in [3.63, 3.8) is 0 Å². The standard InChI is InChI=1S/C22H16Cl2N4O3/c1-11-9-17(29)27-21(25-11)13-5-3-6-14(10-13)26-22(30)18-12(2)31-28-20(18)19-15(23)7-4-8-16(19)24/h3-10H,1-2H3,(H,26,30)(H,25,27,29). The number of benzene rings is 2. The highest BCUT2D eigenvalue weighted by Gasteiger charge is 2.25. The van der Waals surface area contributed by atoms with Gasteiger partial charge in [-0.3, -0.25) is 9.59 Å². The molecule has 0 saturated heterocycles. The molecule has 2 aromatic carbocycles. The Morgan fingerprint density at radius 2 is 1.77 bits per heavy atom. The van der Waals surface area contributed by atoms with E-state index in [2.05, 4.69) is 20.4 Å². The molecule has 0 aliphatic carbocycles. The van der Waals surface area contributed by atoms with Gasteiger partial charge in [-0.05, 0) is 38.1 Å². The van der Waals surface area contributed by atoms with Crippen LogP contribution in [0.3, 0.4) is 0 Å². The molecule has 0 aliphatic heterocycles. The minimum absolute atomic E-state index is 0.225. The Labute approximate surface area is 187 Å². The fourth-order valence-corrected chi connectivity index (χ4v) is 3.76. The molecule has 0 bridgehead atoms. The molecule has 2 aromatic heterocycles. The first-order valence-electron chi connectivity index (χ1n) is 9.24. The van der Waals surface area contributed by atoms with Gasteiger partial charge in [0.05, 0.1) is 10.0 Å². The second-order valence-corrected chi connectivity index (χ2v) is 7.64. The summed E-state index contributed by atoms with van der Waals surface area (Å²) in [6.07, 6.45) is 0. The zero-order valence-corrected chi connectivity index (χ0v) is 18.0. The van der Waals surface area contributed by atoms with Gasteiger partial charge in [0, 0.05) is 28.6 Å². The fourth-order valence-electron chi connectivity index (χ4n) is 3.19. The average molecular weight is 455 g/mol. The zero-order chi connectivity index (χ0) is 22.1. The van der Waals surface area contributed by atoms with Gasteiger partial charge in [-0.25, -0.2) is 4.98 Å². The number of rotatable bonds is 4. The predicted octanol–water partition coefficient (Wildman–Crippen LogP) is 5.27. The molecular formula is C22H16Cl2N4O3. The lowest BCUT2D eigenvalue weighted by molar-refractivity contribution is 0.102. The number of hydrogen-bond donors (Lipinski definition) is 2. The molecule has 156 valence electrons. The summed E-state index contributed by atoms with van der Waals surface area (Å²) < 4.78 is 5.26. The number of nitrogens with zero attached hydrogens (tertiary/aromatic N) is 2. The van der Waals surface area contributed by atoms with Crippen LogP contribution in [0.15, 0.2) is 57.8 Å². The molecule has 0 spiro atoms. The number of hydrogen-bond acceptors (Lipinski definition) is 5. The van der Waals surface area contributed by atoms with E-state index in [4.69, 9.17) is 27.7 Å². The van der Waals surface area contributed by atoms with E-state index < -0.39 is 5.91 Å². The van der Waals surface area contributed by atoms with E-state index in [1.165, 1.54) is 6.07 Å². The molecule has 4 rings (SSSR count). The second kappa shape index (κ2) is 8.37. The van der Waals surface area contributed by atoms with E-state index in [9.17, 15) is 9.59 Å². The zero-order valence-electron chi connectivity index (χ0n) is 16.5. The van der Waals surface area contributed by atoms with Gasteiger partial charge >= 0.3 is 0 Å². The normalized spacial score (nSPS) is 10.8. The Morgan fingerprint density at radius 3 is 2.48 bits per heavy atom. The van der Waals surface area contributed by atoms with Crippen molar-refractivity contribution >= 4 is 34.8 Å². The van der Waals surface area contributed by atoms with Gasteiger partial charge < -0.3 is 14.8 Å². The summed E-state index contributed by atoms with van der Waals surface area (Å²) in [6.45, 7) is 3.37. The molecule has 0 atom stereocenters. The van der Waals surface area contributed by atoms with Crippen molar-refractivity contribution in [2.45, 2.75) is 13.8 Å². The Morgan fingerprint density at radius 1 is 1.06 bits per heavy atom. The van der Waals surface area contributed by atoms with Crippen LogP contribution in [-0.4, -0.2) is 21.0 Å². The number of nitrogens with one attached hydrogen (secondary N) is 2. The van der Waals surface area contributed by atoms with E-state index in [1.807, 2.05) is 0 Å². The van der Waals surface area contributed by atoms with Crippen LogP contribution in [0.4, 0.5) is 5.69 Å². The summed E-state index contributed by atoms with van der Waals surface area (Å²) in [5.41, 5.74) is 2.39. The predicted molar refractivity (Wildman–Crippen MR) is 120 cm³/mol. The van der Waals surface area contributed by atoms with Gasteiger partial charge in [0.25, 0.3) is 11.5 Å². The lowest BCUT2D eigenvalue weighted by Crippen LogP contribution is -2.14. The summed E-state index contributed by atoms with van der Waals surface area (Å²) in [7, 11) is 0. The lowest BCUT2D eigenvalue weighted by atomic mass is 10.1. The summed E-state index contributed by atoms with van der Waals surface area (Å²) in [5.74, 6) is 0.294. The van der Waals surface area contributed by atoms with Gasteiger partial charge in [0.15, 0.2) is 0 Å². The minimum atomic E-state index is -0.437. The van der Waals surface area contributed by atoms with Crippen LogP contribution in [0.25, 0.3) is 22.6 Å². The molecule has 31 heavy (non-hydrogen) atoms. The van der Waals surface area contributed by atoms with Crippen LogP contribution in [0, 0.1) is 13.8 Å². The Kier molecular flexibility index (Phi) is 5.63. The molecule has 7 nitrogen and oxygen atoms in total. The molecule has 0 aliphatic rings. The highest BCUT2D eigenvalue weighted by molar-refractivity contribution is 6.39. The van der Waals surface area contributed by atoms with Crippen molar-refractivity contribution in [1.29, 1.82) is 0 Å². The van der Waals surface area contributed by atoms with Gasteiger partial charge in [-0.2, -0.15) is 0 Å². The minimum Gasteiger partial charge on any atom is -0.360 e. The van der Waals surface area contributed by atoms with Crippen LogP contribution < -0.4 is 10.9 Å². The number of aromatic nitrogens is 3. The maximum atomic E-state index is 13.1. The molecule has 0 saturated carbocycles. The number of carbonyl (C=O) groups excluding carboxylic acids is 1. The number of amides is 1. The Hall–Kier alpha value is -3.42. The quantitative estimate of drug-likeness (QED) is 0.437. The van der Waals surface area contributed by atoms with Crippen molar-refractivity contribution in [2.24, 2.45) is 0 Å². The Balaban J connectivity index is 1.69. The van der Waals surface area contributed by atoms with Crippen molar-refractivity contribution in [1.82, 2.24) is 15.1 Å². The first-order valence-corrected chi connectivity index (χ1v) is 9.99. The largest absolute Gasteiger partial charge is 0.360 e. The number of anilines is 1. The van der Waals surface area contributed by atoms with Gasteiger partial charge in [-0.1, -0.05) is 46.6 Å². The smallest absolute Gasteiger partial charge is 0.261 e. The first-order chi connectivity index (χ1) is 14.8. The summed E-state index contributed by atoms with van der Waals surface area (Å²) in [6, 6.07) is 13.4. The van der Waals surface area contributed by atoms with E-state index in [1.54, 1.807) is 56.3 Å². The van der Waals surface area contributed by atoms with E-state index >= 15 is 0 Å². The van der Waals surface area contributed by atoms with E-state index in [0.717, 1.165) is 0 Å². The number of carbonyl (C=O) groups is 1. The highest BCUT2D eigenvalue weighted by atomic mass is 35.5. The van der Waals surface area contributed by atoms with Gasteiger partial charge in [0.2, 0.25) is 0 Å². The van der Waals surface area contributed by atoms with Crippen molar-refractivity contribution < 1.29 is 9.32 Å². The third kappa shape index (κ3) is 4.23. The van der Waals surface area contributed by atoms with Crippen LogP contribution in [-0.2, 0) is 0 Å². The maximum absolute atomic E-state index is 13.1. The van der Waals surface area contributed by atoms with Crippen LogP contribution in [0.2, 0.25) is 10.0 Å². The second-order valence-electron chi connectivity index (χ2n) is 6.83. The number of H-pyrrole nitrogens is 1. The van der Waals surface area contributed by atoms with Gasteiger partial charge in [0.1, 0.15) is 22.8 Å². The van der Waals surface area contributed by atoms with Crippen LogP contribution >= 0.6 is 23.2 Å². The third-order valence-electron chi connectivity index (χ3n) is 4.55. The molecule has 1 amide bonds. The number of aromatic amines is 1. The van der Waals surface area contributed by atoms with Crippen LogP contribution in [0.5, 0.6) is 0 Å². The average Bonchev–Trinajstić information content (AvgIpc) is 3.08. The SMILES string of the molecule is Cc1cc(=O)[nH]c(-c2cccc(NC(=O)c3c(-c4c(Cl)cccc4Cl)noc3C)c2)n1. The molecule has 2 N–H and O–H groups in total. The monoisotopic (exact) mass is 454 g/mol. The van der Waals surface area contributed by atoms with Crippen molar-refractivity contribution in [3.8, 4) is 22.6 Å². The molecule has 2 heterocycles. The molecule has 0 fully saturated rings. The highest BCUT2D eigenvalue weighted by Crippen LogP contribution is 2.37. The van der Waals surface area contributed by atoms with Crippen LogP contribution in [0.1, 0.15) is 21.8 Å². The molecule has 9 heteroatoms.